The van der Waals surface area contributed by atoms with Crippen molar-refractivity contribution in [3.63, 3.8) is 0 Å². The van der Waals surface area contributed by atoms with Gasteiger partial charge >= 0.3 is 0 Å². The van der Waals surface area contributed by atoms with Crippen LogP contribution in [0.3, 0.4) is 0 Å². The van der Waals surface area contributed by atoms with Crippen LogP contribution in [-0.4, -0.2) is 200 Å². The van der Waals surface area contributed by atoms with Crippen molar-refractivity contribution in [2.45, 2.75) is 135 Å². The minimum absolute atomic E-state index is 0.108. The second kappa shape index (κ2) is 17.8. The third kappa shape index (κ3) is 8.62. The minimum Gasteiger partial charge on any atom is -0.394 e. The maximum Gasteiger partial charge on any atom is 0.187 e. The topological polar surface area (TPSA) is 411 Å². The van der Waals surface area contributed by atoms with E-state index >= 15 is 0 Å². The Kier molecular flexibility index (Phi) is 14.8. The smallest absolute Gasteiger partial charge is 0.187 e. The lowest BCUT2D eigenvalue weighted by molar-refractivity contribution is -0.309. The Morgan fingerprint density at radius 1 is 0.660 bits per heavy atom. The standard InChI is InChI=1S/C28H54N6O16/c29-3-10(37)17(39)9(36)2-7-1-8(32)23(48-26-14(33)20(42)18(40)11(4-30)45-26)25(16(7)38)50-28-22(44)24(13(6-35)47-28)49-27-15(34)21(43)19(41)12(5-31)46-27/h7-8,10-28,35,37-44H,1-6,29-34H2/t7-,8-,10-,11+,12-,13+,14+,15+,16-,17+,18+,19+,20-,21+,22+,23+,24+,25+,26+,27+,28-/m0/s1. The summed E-state index contributed by atoms with van der Waals surface area (Å²) >= 11 is 0. The van der Waals surface area contributed by atoms with E-state index in [1.165, 1.54) is 0 Å². The molecule has 0 aromatic rings. The molecule has 22 nitrogen and oxygen atoms in total. The van der Waals surface area contributed by atoms with Gasteiger partial charge in [-0.05, 0) is 12.3 Å². The van der Waals surface area contributed by atoms with Crippen LogP contribution in [-0.2, 0) is 33.2 Å². The van der Waals surface area contributed by atoms with Gasteiger partial charge in [-0.2, -0.15) is 0 Å². The zero-order chi connectivity index (χ0) is 37.2. The maximum atomic E-state index is 12.8. The molecule has 3 saturated heterocycles. The number of ether oxygens (including phenoxy) is 6. The molecule has 4 fully saturated rings. The van der Waals surface area contributed by atoms with Gasteiger partial charge in [0, 0.05) is 32.1 Å². The number of carbonyl (C=O) groups excluding carboxylic acids is 1. The maximum absolute atomic E-state index is 12.8. The Morgan fingerprint density at radius 2 is 1.14 bits per heavy atom. The molecule has 292 valence electrons. The summed E-state index contributed by atoms with van der Waals surface area (Å²) in [6.45, 7) is -1.59. The van der Waals surface area contributed by atoms with Gasteiger partial charge in [-0.3, -0.25) is 4.79 Å². The fourth-order valence-corrected chi connectivity index (χ4v) is 6.73. The van der Waals surface area contributed by atoms with E-state index in [4.69, 9.17) is 62.8 Å². The SMILES string of the molecule is NC[C@@H]1O[C@H](O[C@H]2[C@@H](O)[C@H](O[C@@H]3[C@@H](O)[C@H](CC(=O)[C@@H](O)[C@@H](O)CN)C[C@H](N)[C@H]3O[C@H]3O[C@H](CN)[C@@H](O)[C@@H](O)[C@H]3N)O[C@@H]2CO)[C@H](N)[C@@H](O)[C@@H]1O. The van der Waals surface area contributed by atoms with Gasteiger partial charge in [0.05, 0.1) is 30.9 Å². The van der Waals surface area contributed by atoms with Crippen molar-refractivity contribution in [3.05, 3.63) is 0 Å². The van der Waals surface area contributed by atoms with Crippen LogP contribution < -0.4 is 34.4 Å². The average molecular weight is 731 g/mol. The fraction of sp³-hybridized carbons (Fsp3) is 0.964. The summed E-state index contributed by atoms with van der Waals surface area (Å²) in [5, 5.41) is 94.5. The molecular weight excluding hydrogens is 676 g/mol. The van der Waals surface area contributed by atoms with Gasteiger partial charge in [-0.15, -0.1) is 0 Å². The summed E-state index contributed by atoms with van der Waals surface area (Å²) in [5.74, 6) is -1.86. The van der Waals surface area contributed by atoms with Crippen LogP contribution in [0, 0.1) is 5.92 Å². The highest BCUT2D eigenvalue weighted by Gasteiger charge is 2.55. The number of carbonyl (C=O) groups is 1. The molecular formula is C28H54N6O16. The summed E-state index contributed by atoms with van der Waals surface area (Å²) in [7, 11) is 0. The number of aliphatic hydroxyl groups is 9. The predicted octanol–water partition coefficient (Wildman–Crippen LogP) is -9.97. The van der Waals surface area contributed by atoms with Crippen molar-refractivity contribution in [3.8, 4) is 0 Å². The van der Waals surface area contributed by atoms with Crippen molar-refractivity contribution in [2.24, 2.45) is 40.3 Å². The molecule has 1 aliphatic carbocycles. The zero-order valence-electron chi connectivity index (χ0n) is 27.2. The van der Waals surface area contributed by atoms with Crippen LogP contribution in [0.4, 0.5) is 0 Å². The van der Waals surface area contributed by atoms with Crippen molar-refractivity contribution < 1.29 is 79.2 Å². The quantitative estimate of drug-likeness (QED) is 0.0788. The third-order valence-electron chi connectivity index (χ3n) is 9.85. The molecule has 0 radical (unpaired) electrons. The molecule has 0 spiro atoms. The zero-order valence-corrected chi connectivity index (χ0v) is 27.2. The molecule has 0 unspecified atom stereocenters. The van der Waals surface area contributed by atoms with Crippen molar-refractivity contribution in [1.29, 1.82) is 0 Å². The molecule has 3 heterocycles. The largest absolute Gasteiger partial charge is 0.394 e. The van der Waals surface area contributed by atoms with E-state index in [-0.39, 0.29) is 19.5 Å². The van der Waals surface area contributed by atoms with E-state index in [2.05, 4.69) is 0 Å². The second-order valence-electron chi connectivity index (χ2n) is 13.3. The second-order valence-corrected chi connectivity index (χ2v) is 13.3. The molecule has 22 heteroatoms. The van der Waals surface area contributed by atoms with Crippen LogP contribution >= 0.6 is 0 Å². The number of nitrogens with two attached hydrogens (primary N) is 6. The van der Waals surface area contributed by atoms with E-state index in [9.17, 15) is 50.8 Å². The number of aliphatic hydroxyl groups excluding tert-OH is 9. The molecule has 50 heavy (non-hydrogen) atoms. The van der Waals surface area contributed by atoms with Crippen LogP contribution in [0.1, 0.15) is 12.8 Å². The first-order chi connectivity index (χ1) is 23.6. The first kappa shape index (κ1) is 41.6. The molecule has 3 aliphatic heterocycles. The van der Waals surface area contributed by atoms with Gasteiger partial charge in [0.25, 0.3) is 0 Å². The lowest BCUT2D eigenvalue weighted by Gasteiger charge is -2.48. The summed E-state index contributed by atoms with van der Waals surface area (Å²) in [4.78, 5) is 12.8. The molecule has 4 rings (SSSR count). The highest BCUT2D eigenvalue weighted by molar-refractivity contribution is 5.83. The van der Waals surface area contributed by atoms with Gasteiger partial charge in [0.1, 0.15) is 73.2 Å². The Labute approximate surface area is 287 Å². The van der Waals surface area contributed by atoms with Gasteiger partial charge in [0.2, 0.25) is 0 Å². The van der Waals surface area contributed by atoms with E-state index in [0.717, 1.165) is 0 Å². The van der Waals surface area contributed by atoms with Gasteiger partial charge < -0.3 is 109 Å². The van der Waals surface area contributed by atoms with E-state index in [1.807, 2.05) is 0 Å². The number of Topliss-reactive ketones (excluding diaryl/α,β-unsaturated/α-hetero) is 1. The van der Waals surface area contributed by atoms with E-state index < -0.39 is 154 Å². The Balaban J connectivity index is 1.58. The average Bonchev–Trinajstić information content (AvgIpc) is 3.40. The summed E-state index contributed by atoms with van der Waals surface area (Å²) in [6.07, 6.45) is -25.7. The highest BCUT2D eigenvalue weighted by atomic mass is 16.8. The number of ketones is 1. The van der Waals surface area contributed by atoms with Crippen LogP contribution in [0.5, 0.6) is 0 Å². The normalized spacial score (nSPS) is 48.3. The minimum atomic E-state index is -1.86. The molecule has 1 saturated carbocycles. The molecule has 21 N–H and O–H groups in total. The first-order valence-corrected chi connectivity index (χ1v) is 16.5. The van der Waals surface area contributed by atoms with Crippen molar-refractivity contribution in [1.82, 2.24) is 0 Å². The lowest BCUT2D eigenvalue weighted by Crippen LogP contribution is -2.67. The summed E-state index contributed by atoms with van der Waals surface area (Å²) < 4.78 is 35.0. The summed E-state index contributed by atoms with van der Waals surface area (Å²) in [6, 6.07) is -3.71. The molecule has 0 aromatic carbocycles. The van der Waals surface area contributed by atoms with E-state index in [0.29, 0.717) is 0 Å². The molecule has 21 atom stereocenters. The Hall–Kier alpha value is -1.17. The lowest BCUT2D eigenvalue weighted by atomic mass is 9.76. The number of hydrogen-bond donors (Lipinski definition) is 15. The molecule has 0 bridgehead atoms. The monoisotopic (exact) mass is 730 g/mol. The fourth-order valence-electron chi connectivity index (χ4n) is 6.73. The van der Waals surface area contributed by atoms with Crippen LogP contribution in [0.25, 0.3) is 0 Å². The van der Waals surface area contributed by atoms with Gasteiger partial charge in [-0.25, -0.2) is 0 Å². The van der Waals surface area contributed by atoms with Gasteiger partial charge in [0.15, 0.2) is 24.7 Å². The highest BCUT2D eigenvalue weighted by Crippen LogP contribution is 2.37. The molecule has 4 aliphatic rings. The number of rotatable bonds is 14. The van der Waals surface area contributed by atoms with Crippen molar-refractivity contribution in [2.75, 3.05) is 26.2 Å². The van der Waals surface area contributed by atoms with E-state index in [1.54, 1.807) is 0 Å². The third-order valence-corrected chi connectivity index (χ3v) is 9.85. The first-order valence-electron chi connectivity index (χ1n) is 16.5. The van der Waals surface area contributed by atoms with Crippen LogP contribution in [0.15, 0.2) is 0 Å². The molecule has 0 amide bonds. The van der Waals surface area contributed by atoms with Crippen molar-refractivity contribution >= 4 is 5.78 Å². The molecule has 0 aromatic heterocycles. The predicted molar refractivity (Wildman–Crippen MR) is 165 cm³/mol. The van der Waals surface area contributed by atoms with Gasteiger partial charge in [-0.1, -0.05) is 0 Å². The summed E-state index contributed by atoms with van der Waals surface area (Å²) in [5.41, 5.74) is 35.3. The Bertz CT molecular complexity index is 1090. The number of hydrogen-bond acceptors (Lipinski definition) is 22. The Morgan fingerprint density at radius 3 is 1.62 bits per heavy atom. The van der Waals surface area contributed by atoms with Crippen LogP contribution in [0.2, 0.25) is 0 Å².